The first-order chi connectivity index (χ1) is 10.3. The molecule has 0 saturated heterocycles. The largest absolute Gasteiger partial charge is 0.350 e. The number of benzene rings is 1. The van der Waals surface area contributed by atoms with Crippen LogP contribution >= 0.6 is 0 Å². The third kappa shape index (κ3) is 3.38. The molecule has 0 amide bonds. The minimum Gasteiger partial charge on any atom is -0.350 e. The summed E-state index contributed by atoms with van der Waals surface area (Å²) in [6, 6.07) is 3.24. The van der Waals surface area contributed by atoms with Crippen LogP contribution in [0.2, 0.25) is 0 Å². The van der Waals surface area contributed by atoms with E-state index in [1.807, 2.05) is 0 Å². The maximum absolute atomic E-state index is 11.0. The van der Waals surface area contributed by atoms with Crippen LogP contribution < -0.4 is 4.84 Å². The Labute approximate surface area is 127 Å². The minimum atomic E-state index is -0.714. The van der Waals surface area contributed by atoms with E-state index in [9.17, 15) is 20.2 Å². The molecule has 118 valence electrons. The van der Waals surface area contributed by atoms with Crippen LogP contribution in [-0.4, -0.2) is 15.6 Å². The van der Waals surface area contributed by atoms with E-state index in [-0.39, 0.29) is 16.9 Å². The van der Waals surface area contributed by atoms with Crippen molar-refractivity contribution >= 4 is 17.1 Å². The van der Waals surface area contributed by atoms with Crippen molar-refractivity contribution in [2.24, 2.45) is 10.6 Å². The van der Waals surface area contributed by atoms with Crippen LogP contribution in [0, 0.1) is 25.6 Å². The quantitative estimate of drug-likeness (QED) is 0.620. The number of oxime groups is 1. The van der Waals surface area contributed by atoms with Gasteiger partial charge in [-0.3, -0.25) is 20.2 Å². The Morgan fingerprint density at radius 3 is 2.50 bits per heavy atom. The number of hydrogen-bond acceptors (Lipinski definition) is 6. The Kier molecular flexibility index (Phi) is 4.39. The Morgan fingerprint density at radius 1 is 1.18 bits per heavy atom. The Bertz CT molecular complexity index is 639. The molecule has 0 heterocycles. The second kappa shape index (κ2) is 6.08. The Morgan fingerprint density at radius 2 is 1.91 bits per heavy atom. The predicted molar refractivity (Wildman–Crippen MR) is 80.1 cm³/mol. The summed E-state index contributed by atoms with van der Waals surface area (Å²) in [5.74, 6) is -0.0931. The molecule has 0 atom stereocenters. The highest BCUT2D eigenvalue weighted by Crippen LogP contribution is 2.35. The molecule has 1 saturated carbocycles. The summed E-state index contributed by atoms with van der Waals surface area (Å²) < 4.78 is 0. The van der Waals surface area contributed by atoms with Crippen LogP contribution in [0.5, 0.6) is 5.75 Å². The lowest BCUT2D eigenvalue weighted by atomic mass is 9.76. The van der Waals surface area contributed by atoms with E-state index in [1.165, 1.54) is 6.07 Å². The zero-order chi connectivity index (χ0) is 16.3. The van der Waals surface area contributed by atoms with Gasteiger partial charge in [-0.25, -0.2) is 0 Å². The molecule has 1 aliphatic rings. The summed E-state index contributed by atoms with van der Waals surface area (Å²) >= 11 is 0. The van der Waals surface area contributed by atoms with Crippen molar-refractivity contribution in [2.75, 3.05) is 0 Å². The molecule has 0 aliphatic heterocycles. The molecule has 0 radical (unpaired) electrons. The lowest BCUT2D eigenvalue weighted by Crippen LogP contribution is -2.28. The maximum Gasteiger partial charge on any atom is 0.321 e. The second-order valence-electron chi connectivity index (χ2n) is 5.89. The molecule has 8 heteroatoms. The van der Waals surface area contributed by atoms with Gasteiger partial charge in [-0.2, -0.15) is 0 Å². The van der Waals surface area contributed by atoms with Crippen molar-refractivity contribution in [3.8, 4) is 5.75 Å². The molecule has 1 fully saturated rings. The van der Waals surface area contributed by atoms with E-state index in [2.05, 4.69) is 19.0 Å². The third-order valence-corrected chi connectivity index (χ3v) is 3.85. The first kappa shape index (κ1) is 15.9. The monoisotopic (exact) mass is 307 g/mol. The van der Waals surface area contributed by atoms with Crippen LogP contribution in [0.25, 0.3) is 0 Å². The molecule has 0 unspecified atom stereocenters. The lowest BCUT2D eigenvalue weighted by Gasteiger charge is -2.30. The average Bonchev–Trinajstić information content (AvgIpc) is 2.45. The van der Waals surface area contributed by atoms with Crippen molar-refractivity contribution in [3.63, 3.8) is 0 Å². The summed E-state index contributed by atoms with van der Waals surface area (Å²) in [7, 11) is 0. The molecule has 22 heavy (non-hydrogen) atoms. The summed E-state index contributed by atoms with van der Waals surface area (Å²) in [6.07, 6.45) is 3.89. The van der Waals surface area contributed by atoms with Gasteiger partial charge in [0.05, 0.1) is 21.6 Å². The van der Waals surface area contributed by atoms with Gasteiger partial charge in [-0.1, -0.05) is 25.4 Å². The third-order valence-electron chi connectivity index (χ3n) is 3.85. The summed E-state index contributed by atoms with van der Waals surface area (Å²) in [6.45, 7) is 4.11. The zero-order valence-electron chi connectivity index (χ0n) is 12.4. The number of nitrogens with zero attached hydrogens (tertiary/aromatic N) is 3. The summed E-state index contributed by atoms with van der Waals surface area (Å²) in [4.78, 5) is 25.6. The van der Waals surface area contributed by atoms with Crippen molar-refractivity contribution < 1.29 is 14.7 Å². The summed E-state index contributed by atoms with van der Waals surface area (Å²) in [5.41, 5.74) is -0.0726. The topological polar surface area (TPSA) is 108 Å². The van der Waals surface area contributed by atoms with Gasteiger partial charge in [0.25, 0.3) is 5.69 Å². The SMILES string of the molecule is CC1(C)CCCC/C1=N\Oc1ccc([N+](=O)[O-])cc1[N+](=O)[O-]. The lowest BCUT2D eigenvalue weighted by molar-refractivity contribution is -0.394. The molecule has 0 aromatic heterocycles. The van der Waals surface area contributed by atoms with E-state index in [0.717, 1.165) is 43.5 Å². The van der Waals surface area contributed by atoms with Crippen LogP contribution in [-0.2, 0) is 0 Å². The fourth-order valence-electron chi connectivity index (χ4n) is 2.45. The number of nitro groups is 2. The van der Waals surface area contributed by atoms with E-state index < -0.39 is 15.5 Å². The highest BCUT2D eigenvalue weighted by molar-refractivity contribution is 5.89. The van der Waals surface area contributed by atoms with Gasteiger partial charge in [0.1, 0.15) is 0 Å². The first-order valence-electron chi connectivity index (χ1n) is 6.98. The van der Waals surface area contributed by atoms with Crippen LogP contribution in [0.15, 0.2) is 23.4 Å². The van der Waals surface area contributed by atoms with Gasteiger partial charge in [0, 0.05) is 11.5 Å². The molecule has 8 nitrogen and oxygen atoms in total. The molecule has 0 N–H and O–H groups in total. The number of nitro benzene ring substituents is 2. The number of rotatable bonds is 4. The van der Waals surface area contributed by atoms with Crippen LogP contribution in [0.3, 0.4) is 0 Å². The average molecular weight is 307 g/mol. The Hall–Kier alpha value is -2.51. The van der Waals surface area contributed by atoms with Gasteiger partial charge in [-0.15, -0.1) is 0 Å². The summed E-state index contributed by atoms with van der Waals surface area (Å²) in [5, 5.41) is 25.8. The molecule has 0 bridgehead atoms. The van der Waals surface area contributed by atoms with Gasteiger partial charge >= 0.3 is 5.69 Å². The normalized spacial score (nSPS) is 18.9. The van der Waals surface area contributed by atoms with Gasteiger partial charge in [0.15, 0.2) is 0 Å². The van der Waals surface area contributed by atoms with Crippen LogP contribution in [0.4, 0.5) is 11.4 Å². The molecule has 0 spiro atoms. The maximum atomic E-state index is 11.0. The zero-order valence-corrected chi connectivity index (χ0v) is 12.4. The molecule has 1 aromatic carbocycles. The van der Waals surface area contributed by atoms with Gasteiger partial charge in [0.2, 0.25) is 5.75 Å². The number of hydrogen-bond donors (Lipinski definition) is 0. The van der Waals surface area contributed by atoms with E-state index in [1.54, 1.807) is 0 Å². The highest BCUT2D eigenvalue weighted by Gasteiger charge is 2.29. The van der Waals surface area contributed by atoms with Crippen LogP contribution in [0.1, 0.15) is 39.5 Å². The van der Waals surface area contributed by atoms with Gasteiger partial charge < -0.3 is 4.84 Å². The first-order valence-corrected chi connectivity index (χ1v) is 6.98. The van der Waals surface area contributed by atoms with E-state index in [0.29, 0.717) is 0 Å². The van der Waals surface area contributed by atoms with E-state index in [4.69, 9.17) is 4.84 Å². The molecular weight excluding hydrogens is 290 g/mol. The fraction of sp³-hybridized carbons (Fsp3) is 0.500. The fourth-order valence-corrected chi connectivity index (χ4v) is 2.45. The van der Waals surface area contributed by atoms with Crippen molar-refractivity contribution in [1.82, 2.24) is 0 Å². The molecule has 2 rings (SSSR count). The van der Waals surface area contributed by atoms with Crippen molar-refractivity contribution in [3.05, 3.63) is 38.4 Å². The Balaban J connectivity index is 2.29. The van der Waals surface area contributed by atoms with Crippen molar-refractivity contribution in [1.29, 1.82) is 0 Å². The smallest absolute Gasteiger partial charge is 0.321 e. The van der Waals surface area contributed by atoms with Crippen molar-refractivity contribution in [2.45, 2.75) is 39.5 Å². The molecule has 1 aromatic rings. The minimum absolute atomic E-state index is 0.0931. The molecular formula is C14H17N3O5. The standard InChI is InChI=1S/C14H17N3O5/c1-14(2)8-4-3-5-13(14)15-22-12-7-6-10(16(18)19)9-11(12)17(20)21/h6-7,9H,3-5,8H2,1-2H3/b15-13+. The second-order valence-corrected chi connectivity index (χ2v) is 5.89. The highest BCUT2D eigenvalue weighted by atomic mass is 16.7. The number of non-ortho nitro benzene ring substituents is 1. The van der Waals surface area contributed by atoms with Gasteiger partial charge in [-0.05, 0) is 25.3 Å². The molecule has 1 aliphatic carbocycles. The van der Waals surface area contributed by atoms with E-state index >= 15 is 0 Å². The predicted octanol–water partition coefficient (Wildman–Crippen LogP) is 3.84.